The van der Waals surface area contributed by atoms with E-state index in [2.05, 4.69) is 10.3 Å². The Kier molecular flexibility index (Phi) is 3.23. The van der Waals surface area contributed by atoms with Gasteiger partial charge in [0.05, 0.1) is 4.92 Å². The van der Waals surface area contributed by atoms with E-state index in [1.807, 2.05) is 31.2 Å². The summed E-state index contributed by atoms with van der Waals surface area (Å²) in [4.78, 5) is 14.6. The molecule has 5 heteroatoms. The van der Waals surface area contributed by atoms with Crippen molar-refractivity contribution in [1.82, 2.24) is 4.98 Å². The second-order valence-corrected chi connectivity index (χ2v) is 4.13. The molecule has 1 N–H and O–H groups in total. The van der Waals surface area contributed by atoms with E-state index in [1.54, 1.807) is 13.1 Å². The van der Waals surface area contributed by atoms with Gasteiger partial charge in [-0.15, -0.1) is 0 Å². The molecular formula is C13H13N3O2. The molecule has 0 aliphatic heterocycles. The lowest BCUT2D eigenvalue weighted by molar-refractivity contribution is -0.384. The Morgan fingerprint density at radius 1 is 1.22 bits per heavy atom. The summed E-state index contributed by atoms with van der Waals surface area (Å²) in [5, 5.41) is 13.9. The van der Waals surface area contributed by atoms with Gasteiger partial charge in [0.25, 0.3) is 0 Å². The molecule has 5 nitrogen and oxygen atoms in total. The maximum Gasteiger partial charge on any atom is 0.311 e. The van der Waals surface area contributed by atoms with Crippen LogP contribution in [-0.4, -0.2) is 9.91 Å². The summed E-state index contributed by atoms with van der Waals surface area (Å²) in [5.74, 6) is 0.260. The molecule has 0 aliphatic rings. The average molecular weight is 243 g/mol. The van der Waals surface area contributed by atoms with Crippen molar-refractivity contribution in [3.63, 3.8) is 0 Å². The Labute approximate surface area is 105 Å². The number of rotatable bonds is 3. The molecule has 0 unspecified atom stereocenters. The van der Waals surface area contributed by atoms with Crippen LogP contribution in [0.4, 0.5) is 17.2 Å². The first kappa shape index (κ1) is 12.0. The quantitative estimate of drug-likeness (QED) is 0.663. The Bertz CT molecular complexity index is 597. The zero-order valence-electron chi connectivity index (χ0n) is 10.2. The molecule has 0 radical (unpaired) electrons. The fourth-order valence-corrected chi connectivity index (χ4v) is 1.65. The van der Waals surface area contributed by atoms with Gasteiger partial charge in [-0.3, -0.25) is 10.1 Å². The third kappa shape index (κ3) is 2.63. The zero-order valence-corrected chi connectivity index (χ0v) is 10.2. The number of aryl methyl sites for hydroxylation is 2. The van der Waals surface area contributed by atoms with Crippen molar-refractivity contribution in [2.24, 2.45) is 0 Å². The number of aromatic nitrogens is 1. The summed E-state index contributed by atoms with van der Waals surface area (Å²) in [6.07, 6.45) is 1.60. The van der Waals surface area contributed by atoms with Gasteiger partial charge in [-0.1, -0.05) is 12.1 Å². The lowest BCUT2D eigenvalue weighted by atomic mass is 10.2. The highest BCUT2D eigenvalue weighted by molar-refractivity contribution is 5.66. The van der Waals surface area contributed by atoms with Gasteiger partial charge >= 0.3 is 5.69 Å². The van der Waals surface area contributed by atoms with Crippen LogP contribution in [0.5, 0.6) is 0 Å². The fraction of sp³-hybridized carbons (Fsp3) is 0.154. The largest absolute Gasteiger partial charge is 0.334 e. The normalized spacial score (nSPS) is 10.1. The summed E-state index contributed by atoms with van der Waals surface area (Å²) in [6.45, 7) is 3.73. The number of nitro groups is 1. The van der Waals surface area contributed by atoms with Gasteiger partial charge in [-0.2, -0.15) is 0 Å². The average Bonchev–Trinajstić information content (AvgIpc) is 2.31. The first-order chi connectivity index (χ1) is 8.56. The van der Waals surface area contributed by atoms with E-state index in [1.165, 1.54) is 6.07 Å². The molecule has 0 saturated carbocycles. The second kappa shape index (κ2) is 4.83. The Balaban J connectivity index is 2.37. The van der Waals surface area contributed by atoms with Gasteiger partial charge in [-0.25, -0.2) is 4.98 Å². The van der Waals surface area contributed by atoms with Crippen LogP contribution in [-0.2, 0) is 0 Å². The van der Waals surface area contributed by atoms with Crippen LogP contribution in [0.1, 0.15) is 11.1 Å². The maximum atomic E-state index is 11.0. The molecule has 1 aromatic heterocycles. The number of hydrogen-bond acceptors (Lipinski definition) is 4. The smallest absolute Gasteiger partial charge is 0.311 e. The molecule has 1 heterocycles. The molecule has 0 spiro atoms. The standard InChI is InChI=1S/C13H13N3O2/c1-9-4-3-5-11(6-9)15-13-12(16(17)18)7-10(2)8-14-13/h3-8H,1-2H3,(H,14,15). The van der Waals surface area contributed by atoms with Crippen LogP contribution in [0.3, 0.4) is 0 Å². The van der Waals surface area contributed by atoms with Crippen LogP contribution < -0.4 is 5.32 Å². The molecule has 2 aromatic rings. The lowest BCUT2D eigenvalue weighted by Gasteiger charge is -2.07. The topological polar surface area (TPSA) is 68.1 Å². The highest BCUT2D eigenvalue weighted by atomic mass is 16.6. The number of nitrogens with zero attached hydrogens (tertiary/aromatic N) is 2. The maximum absolute atomic E-state index is 11.0. The highest BCUT2D eigenvalue weighted by Crippen LogP contribution is 2.26. The van der Waals surface area contributed by atoms with Crippen molar-refractivity contribution in [2.45, 2.75) is 13.8 Å². The van der Waals surface area contributed by atoms with Gasteiger partial charge in [-0.05, 0) is 37.1 Å². The van der Waals surface area contributed by atoms with Gasteiger partial charge in [0.1, 0.15) is 0 Å². The van der Waals surface area contributed by atoms with E-state index in [4.69, 9.17) is 0 Å². The van der Waals surface area contributed by atoms with Crippen LogP contribution in [0.15, 0.2) is 36.5 Å². The number of anilines is 2. The van der Waals surface area contributed by atoms with Crippen LogP contribution in [0.2, 0.25) is 0 Å². The summed E-state index contributed by atoms with van der Waals surface area (Å²) < 4.78 is 0. The highest BCUT2D eigenvalue weighted by Gasteiger charge is 2.15. The van der Waals surface area contributed by atoms with E-state index < -0.39 is 4.92 Å². The van der Waals surface area contributed by atoms with Crippen molar-refractivity contribution >= 4 is 17.2 Å². The van der Waals surface area contributed by atoms with Crippen molar-refractivity contribution in [2.75, 3.05) is 5.32 Å². The van der Waals surface area contributed by atoms with E-state index in [0.717, 1.165) is 16.8 Å². The summed E-state index contributed by atoms with van der Waals surface area (Å²) >= 11 is 0. The third-order valence-corrected chi connectivity index (χ3v) is 2.48. The molecule has 2 rings (SSSR count). The minimum absolute atomic E-state index is 0.0171. The van der Waals surface area contributed by atoms with E-state index in [-0.39, 0.29) is 11.5 Å². The van der Waals surface area contributed by atoms with Crippen molar-refractivity contribution in [3.05, 3.63) is 57.8 Å². The Hall–Kier alpha value is -2.43. The van der Waals surface area contributed by atoms with E-state index in [9.17, 15) is 10.1 Å². The first-order valence-electron chi connectivity index (χ1n) is 5.51. The van der Waals surface area contributed by atoms with Gasteiger partial charge in [0.2, 0.25) is 5.82 Å². The van der Waals surface area contributed by atoms with Gasteiger partial charge < -0.3 is 5.32 Å². The Morgan fingerprint density at radius 3 is 2.67 bits per heavy atom. The lowest BCUT2D eigenvalue weighted by Crippen LogP contribution is -2.00. The molecule has 0 saturated heterocycles. The van der Waals surface area contributed by atoms with Crippen molar-refractivity contribution < 1.29 is 4.92 Å². The van der Waals surface area contributed by atoms with Crippen LogP contribution in [0, 0.1) is 24.0 Å². The predicted octanol–water partition coefficient (Wildman–Crippen LogP) is 3.35. The molecule has 0 bridgehead atoms. The van der Waals surface area contributed by atoms with Crippen LogP contribution >= 0.6 is 0 Å². The third-order valence-electron chi connectivity index (χ3n) is 2.48. The van der Waals surface area contributed by atoms with Crippen molar-refractivity contribution in [1.29, 1.82) is 0 Å². The minimum Gasteiger partial charge on any atom is -0.334 e. The number of hydrogen-bond donors (Lipinski definition) is 1. The molecule has 1 aromatic carbocycles. The fourth-order valence-electron chi connectivity index (χ4n) is 1.65. The second-order valence-electron chi connectivity index (χ2n) is 4.13. The molecule has 18 heavy (non-hydrogen) atoms. The molecule has 92 valence electrons. The van der Waals surface area contributed by atoms with E-state index >= 15 is 0 Å². The molecular weight excluding hydrogens is 230 g/mol. The molecule has 0 fully saturated rings. The molecule has 0 aliphatic carbocycles. The summed E-state index contributed by atoms with van der Waals surface area (Å²) in [5.41, 5.74) is 2.61. The van der Waals surface area contributed by atoms with Crippen molar-refractivity contribution in [3.8, 4) is 0 Å². The Morgan fingerprint density at radius 2 is 2.00 bits per heavy atom. The molecule has 0 atom stereocenters. The monoisotopic (exact) mass is 243 g/mol. The summed E-state index contributed by atoms with van der Waals surface area (Å²) in [6, 6.07) is 9.11. The number of nitrogens with one attached hydrogen (secondary N) is 1. The van der Waals surface area contributed by atoms with Crippen LogP contribution in [0.25, 0.3) is 0 Å². The van der Waals surface area contributed by atoms with Gasteiger partial charge in [0, 0.05) is 18.0 Å². The number of pyridine rings is 1. The number of benzene rings is 1. The zero-order chi connectivity index (χ0) is 13.1. The minimum atomic E-state index is -0.432. The molecule has 0 amide bonds. The predicted molar refractivity (Wildman–Crippen MR) is 70.1 cm³/mol. The summed E-state index contributed by atoms with van der Waals surface area (Å²) in [7, 11) is 0. The SMILES string of the molecule is Cc1cccc(Nc2ncc(C)cc2[N+](=O)[O-])c1. The first-order valence-corrected chi connectivity index (χ1v) is 5.51. The van der Waals surface area contributed by atoms with E-state index in [0.29, 0.717) is 0 Å². The van der Waals surface area contributed by atoms with Gasteiger partial charge in [0.15, 0.2) is 0 Å².